The molecule has 19 heavy (non-hydrogen) atoms. The average molecular weight is 264 g/mol. The Balaban J connectivity index is 2.38. The van der Waals surface area contributed by atoms with E-state index in [1.54, 1.807) is 7.05 Å². The summed E-state index contributed by atoms with van der Waals surface area (Å²) < 4.78 is 2.30. The SMILES string of the molecule is Cn1cc(C(=O)C2CCCCCC2)c(=O)n(C)c1=O. The van der Waals surface area contributed by atoms with Gasteiger partial charge in [0, 0.05) is 26.2 Å². The van der Waals surface area contributed by atoms with Crippen LogP contribution in [-0.2, 0) is 14.1 Å². The number of Topliss-reactive ketones (excluding diaryl/α,β-unsaturated/α-hetero) is 1. The zero-order chi connectivity index (χ0) is 14.0. The van der Waals surface area contributed by atoms with Crippen molar-refractivity contribution in [2.24, 2.45) is 20.0 Å². The molecule has 0 atom stereocenters. The van der Waals surface area contributed by atoms with Gasteiger partial charge in [0.15, 0.2) is 5.78 Å². The summed E-state index contributed by atoms with van der Waals surface area (Å²) in [5.41, 5.74) is -0.726. The van der Waals surface area contributed by atoms with Gasteiger partial charge in [0.1, 0.15) is 0 Å². The zero-order valence-electron chi connectivity index (χ0n) is 11.5. The number of hydrogen-bond donors (Lipinski definition) is 0. The summed E-state index contributed by atoms with van der Waals surface area (Å²) in [6, 6.07) is 0. The lowest BCUT2D eigenvalue weighted by Gasteiger charge is -2.13. The Morgan fingerprint density at radius 1 is 1.11 bits per heavy atom. The van der Waals surface area contributed by atoms with Crippen molar-refractivity contribution < 1.29 is 4.79 Å². The lowest BCUT2D eigenvalue weighted by molar-refractivity contribution is 0.0904. The smallest absolute Gasteiger partial charge is 0.303 e. The molecule has 0 aliphatic heterocycles. The summed E-state index contributed by atoms with van der Waals surface area (Å²) in [7, 11) is 2.97. The molecule has 0 radical (unpaired) electrons. The van der Waals surface area contributed by atoms with Gasteiger partial charge in [-0.25, -0.2) is 4.79 Å². The minimum absolute atomic E-state index is 0.0623. The van der Waals surface area contributed by atoms with Crippen molar-refractivity contribution in [2.45, 2.75) is 38.5 Å². The van der Waals surface area contributed by atoms with Crippen molar-refractivity contribution >= 4 is 5.78 Å². The Labute approximate surface area is 111 Å². The van der Waals surface area contributed by atoms with Gasteiger partial charge < -0.3 is 4.57 Å². The molecule has 2 rings (SSSR count). The van der Waals surface area contributed by atoms with Gasteiger partial charge in [0.2, 0.25) is 0 Å². The summed E-state index contributed by atoms with van der Waals surface area (Å²) in [6.07, 6.45) is 7.50. The molecule has 5 heteroatoms. The third-order valence-corrected chi connectivity index (χ3v) is 3.94. The maximum Gasteiger partial charge on any atom is 0.330 e. The van der Waals surface area contributed by atoms with Gasteiger partial charge >= 0.3 is 5.69 Å². The van der Waals surface area contributed by atoms with Crippen LogP contribution in [0.15, 0.2) is 15.8 Å². The second kappa shape index (κ2) is 5.55. The van der Waals surface area contributed by atoms with Crippen LogP contribution in [0.25, 0.3) is 0 Å². The highest BCUT2D eigenvalue weighted by Gasteiger charge is 2.24. The van der Waals surface area contributed by atoms with Crippen molar-refractivity contribution in [2.75, 3.05) is 0 Å². The number of ketones is 1. The van der Waals surface area contributed by atoms with Gasteiger partial charge in [-0.2, -0.15) is 0 Å². The van der Waals surface area contributed by atoms with E-state index in [2.05, 4.69) is 0 Å². The van der Waals surface area contributed by atoms with Gasteiger partial charge in [-0.05, 0) is 12.8 Å². The molecule has 1 aliphatic rings. The molecule has 5 nitrogen and oxygen atoms in total. The quantitative estimate of drug-likeness (QED) is 0.596. The standard InChI is InChI=1S/C14H20N2O3/c1-15-9-11(13(18)16(2)14(15)19)12(17)10-7-5-3-4-6-8-10/h9-10H,3-8H2,1-2H3. The Kier molecular flexibility index (Phi) is 4.02. The topological polar surface area (TPSA) is 61.1 Å². The fourth-order valence-electron chi connectivity index (χ4n) is 2.74. The largest absolute Gasteiger partial charge is 0.330 e. The molecule has 0 amide bonds. The van der Waals surface area contributed by atoms with Gasteiger partial charge in [0.25, 0.3) is 5.56 Å². The molecule has 0 spiro atoms. The lowest BCUT2D eigenvalue weighted by atomic mass is 9.92. The maximum atomic E-state index is 12.5. The van der Waals surface area contributed by atoms with Crippen molar-refractivity contribution in [3.63, 3.8) is 0 Å². The minimum Gasteiger partial charge on any atom is -0.303 e. The van der Waals surface area contributed by atoms with Crippen molar-refractivity contribution in [3.05, 3.63) is 32.6 Å². The molecule has 0 unspecified atom stereocenters. The first-order valence-corrected chi connectivity index (χ1v) is 6.83. The molecule has 104 valence electrons. The summed E-state index contributed by atoms with van der Waals surface area (Å²) in [5, 5.41) is 0. The first-order chi connectivity index (χ1) is 9.02. The fraction of sp³-hybridized carbons (Fsp3) is 0.643. The van der Waals surface area contributed by atoms with Gasteiger partial charge in [0.05, 0.1) is 5.56 Å². The first-order valence-electron chi connectivity index (χ1n) is 6.83. The second-order valence-corrected chi connectivity index (χ2v) is 5.35. The van der Waals surface area contributed by atoms with Crippen LogP contribution in [0.1, 0.15) is 48.9 Å². The number of carbonyl (C=O) groups excluding carboxylic acids is 1. The molecule has 1 heterocycles. The maximum absolute atomic E-state index is 12.5. The van der Waals surface area contributed by atoms with Gasteiger partial charge in [-0.1, -0.05) is 25.7 Å². The van der Waals surface area contributed by atoms with E-state index in [1.165, 1.54) is 17.8 Å². The van der Waals surface area contributed by atoms with Crippen LogP contribution in [0.5, 0.6) is 0 Å². The van der Waals surface area contributed by atoms with Crippen LogP contribution < -0.4 is 11.2 Å². The van der Waals surface area contributed by atoms with Crippen molar-refractivity contribution in [1.82, 2.24) is 9.13 Å². The monoisotopic (exact) mass is 264 g/mol. The summed E-state index contributed by atoms with van der Waals surface area (Å²) in [6.45, 7) is 0. The van der Waals surface area contributed by atoms with Crippen LogP contribution in [0, 0.1) is 5.92 Å². The predicted molar refractivity (Wildman–Crippen MR) is 72.4 cm³/mol. The van der Waals surface area contributed by atoms with E-state index in [0.29, 0.717) is 0 Å². The molecular weight excluding hydrogens is 244 g/mol. The Morgan fingerprint density at radius 3 is 2.26 bits per heavy atom. The molecule has 1 fully saturated rings. The number of aromatic nitrogens is 2. The summed E-state index contributed by atoms with van der Waals surface area (Å²) >= 11 is 0. The van der Waals surface area contributed by atoms with E-state index < -0.39 is 11.2 Å². The van der Waals surface area contributed by atoms with Crippen LogP contribution in [0.2, 0.25) is 0 Å². The molecule has 1 aromatic heterocycles. The van der Waals surface area contributed by atoms with Gasteiger partial charge in [-0.3, -0.25) is 14.2 Å². The number of hydrogen-bond acceptors (Lipinski definition) is 3. The minimum atomic E-state index is -0.475. The highest BCUT2D eigenvalue weighted by atomic mass is 16.2. The normalized spacial score (nSPS) is 17.2. The number of aryl methyl sites for hydroxylation is 1. The Bertz CT molecular complexity index is 590. The summed E-state index contributed by atoms with van der Waals surface area (Å²) in [4.78, 5) is 36.1. The van der Waals surface area contributed by atoms with Crippen LogP contribution >= 0.6 is 0 Å². The molecular formula is C14H20N2O3. The third-order valence-electron chi connectivity index (χ3n) is 3.94. The van der Waals surface area contributed by atoms with E-state index >= 15 is 0 Å². The predicted octanol–water partition coefficient (Wildman–Crippen LogP) is 1.24. The highest BCUT2D eigenvalue weighted by Crippen LogP contribution is 2.25. The Morgan fingerprint density at radius 2 is 1.68 bits per heavy atom. The van der Waals surface area contributed by atoms with Crippen LogP contribution in [0.4, 0.5) is 0 Å². The van der Waals surface area contributed by atoms with E-state index in [0.717, 1.165) is 43.1 Å². The molecule has 0 aromatic carbocycles. The third kappa shape index (κ3) is 2.69. The average Bonchev–Trinajstić information content (AvgIpc) is 2.68. The van der Waals surface area contributed by atoms with Gasteiger partial charge in [-0.15, -0.1) is 0 Å². The van der Waals surface area contributed by atoms with Crippen molar-refractivity contribution in [1.29, 1.82) is 0 Å². The molecule has 1 saturated carbocycles. The second-order valence-electron chi connectivity index (χ2n) is 5.35. The molecule has 1 aromatic rings. The summed E-state index contributed by atoms with van der Waals surface area (Å²) in [5.74, 6) is -0.161. The van der Waals surface area contributed by atoms with Crippen LogP contribution in [0.3, 0.4) is 0 Å². The fourth-order valence-corrected chi connectivity index (χ4v) is 2.74. The van der Waals surface area contributed by atoms with E-state index in [9.17, 15) is 14.4 Å². The van der Waals surface area contributed by atoms with E-state index in [1.807, 2.05) is 0 Å². The van der Waals surface area contributed by atoms with E-state index in [4.69, 9.17) is 0 Å². The van der Waals surface area contributed by atoms with E-state index in [-0.39, 0.29) is 17.3 Å². The molecule has 0 saturated heterocycles. The number of carbonyl (C=O) groups is 1. The molecule has 0 bridgehead atoms. The number of rotatable bonds is 2. The lowest BCUT2D eigenvalue weighted by Crippen LogP contribution is -2.40. The van der Waals surface area contributed by atoms with Crippen LogP contribution in [-0.4, -0.2) is 14.9 Å². The Hall–Kier alpha value is -1.65. The molecule has 0 N–H and O–H groups in total. The first kappa shape index (κ1) is 13.8. The number of nitrogens with zero attached hydrogens (tertiary/aromatic N) is 2. The highest BCUT2D eigenvalue weighted by molar-refractivity contribution is 5.97. The zero-order valence-corrected chi connectivity index (χ0v) is 11.5. The molecule has 1 aliphatic carbocycles. The van der Waals surface area contributed by atoms with Crippen molar-refractivity contribution in [3.8, 4) is 0 Å².